The Balaban J connectivity index is 1.54. The van der Waals surface area contributed by atoms with E-state index in [2.05, 4.69) is 4.90 Å². The minimum Gasteiger partial charge on any atom is -0.508 e. The van der Waals surface area contributed by atoms with E-state index in [9.17, 15) is 14.6 Å². The number of phenolic OH excluding ortho intramolecular Hbond substituents is 1. The standard InChI is InChI=1S/C22H26FNO3/c1-2-27-20-8-9-21(25)15(10-20)14-24-18-6-7-19(24)13-22(26,12-18)16-4-3-5-17(23)11-16/h3-5,8-11,18-19,25-26H,2,6-7,12-14H2,1H3/t18-,19-/m0/s1. The van der Waals surface area contributed by atoms with Crippen LogP contribution in [0.2, 0.25) is 0 Å². The lowest BCUT2D eigenvalue weighted by Gasteiger charge is -2.44. The fourth-order valence-corrected chi connectivity index (χ4v) is 4.73. The number of ether oxygens (including phenoxy) is 1. The van der Waals surface area contributed by atoms with Crippen LogP contribution in [0, 0.1) is 5.82 Å². The summed E-state index contributed by atoms with van der Waals surface area (Å²) in [5.74, 6) is 0.711. The summed E-state index contributed by atoms with van der Waals surface area (Å²) in [5.41, 5.74) is 0.522. The number of rotatable bonds is 5. The Bertz CT molecular complexity index is 811. The SMILES string of the molecule is CCOc1ccc(O)c(CN2[C@H]3CC[C@H]2CC(O)(c2cccc(F)c2)C3)c1. The number of phenols is 1. The number of benzene rings is 2. The molecule has 2 N–H and O–H groups in total. The van der Waals surface area contributed by atoms with Crippen LogP contribution >= 0.6 is 0 Å². The minimum atomic E-state index is -0.986. The van der Waals surface area contributed by atoms with Crippen molar-refractivity contribution in [2.75, 3.05) is 6.61 Å². The van der Waals surface area contributed by atoms with Gasteiger partial charge in [0.1, 0.15) is 17.3 Å². The van der Waals surface area contributed by atoms with Gasteiger partial charge in [0.05, 0.1) is 12.2 Å². The van der Waals surface area contributed by atoms with Crippen molar-refractivity contribution in [1.29, 1.82) is 0 Å². The van der Waals surface area contributed by atoms with Gasteiger partial charge < -0.3 is 14.9 Å². The molecule has 27 heavy (non-hydrogen) atoms. The highest BCUT2D eigenvalue weighted by Gasteiger charge is 2.48. The van der Waals surface area contributed by atoms with Crippen LogP contribution in [0.15, 0.2) is 42.5 Å². The monoisotopic (exact) mass is 371 g/mol. The van der Waals surface area contributed by atoms with Gasteiger partial charge in [0.2, 0.25) is 0 Å². The predicted octanol–water partition coefficient (Wildman–Crippen LogP) is 3.94. The molecule has 2 aliphatic heterocycles. The Morgan fingerprint density at radius 2 is 1.89 bits per heavy atom. The fourth-order valence-electron chi connectivity index (χ4n) is 4.73. The number of nitrogens with zero attached hydrogens (tertiary/aromatic N) is 1. The molecule has 0 radical (unpaired) electrons. The summed E-state index contributed by atoms with van der Waals surface area (Å²) in [5, 5.41) is 21.5. The van der Waals surface area contributed by atoms with Crippen LogP contribution in [-0.4, -0.2) is 33.8 Å². The molecule has 0 saturated carbocycles. The summed E-state index contributed by atoms with van der Waals surface area (Å²) >= 11 is 0. The molecule has 2 saturated heterocycles. The highest BCUT2D eigenvalue weighted by molar-refractivity contribution is 5.39. The van der Waals surface area contributed by atoms with E-state index in [1.165, 1.54) is 12.1 Å². The predicted molar refractivity (Wildman–Crippen MR) is 101 cm³/mol. The molecule has 0 amide bonds. The molecule has 2 fully saturated rings. The summed E-state index contributed by atoms with van der Waals surface area (Å²) in [6.45, 7) is 3.14. The van der Waals surface area contributed by atoms with E-state index in [0.717, 1.165) is 24.2 Å². The second-order valence-electron chi connectivity index (χ2n) is 7.73. The van der Waals surface area contributed by atoms with Crippen LogP contribution < -0.4 is 4.74 Å². The molecular formula is C22H26FNO3. The average Bonchev–Trinajstić information content (AvgIpc) is 2.88. The largest absolute Gasteiger partial charge is 0.508 e. The minimum absolute atomic E-state index is 0.215. The van der Waals surface area contributed by atoms with Crippen molar-refractivity contribution in [3.63, 3.8) is 0 Å². The van der Waals surface area contributed by atoms with E-state index in [0.29, 0.717) is 31.6 Å². The van der Waals surface area contributed by atoms with Gasteiger partial charge in [0, 0.05) is 24.2 Å². The van der Waals surface area contributed by atoms with Crippen molar-refractivity contribution in [2.45, 2.75) is 56.8 Å². The maximum Gasteiger partial charge on any atom is 0.123 e. The third-order valence-corrected chi connectivity index (χ3v) is 5.99. The molecule has 0 aromatic heterocycles. The van der Waals surface area contributed by atoms with Crippen LogP contribution in [0.4, 0.5) is 4.39 Å². The Labute approximate surface area is 159 Å². The normalized spacial score (nSPS) is 27.7. The highest BCUT2D eigenvalue weighted by atomic mass is 19.1. The van der Waals surface area contributed by atoms with Crippen molar-refractivity contribution in [3.05, 3.63) is 59.4 Å². The molecule has 2 bridgehead atoms. The fraction of sp³-hybridized carbons (Fsp3) is 0.455. The van der Waals surface area contributed by atoms with Crippen molar-refractivity contribution >= 4 is 0 Å². The molecule has 0 unspecified atom stereocenters. The van der Waals surface area contributed by atoms with E-state index in [-0.39, 0.29) is 23.7 Å². The van der Waals surface area contributed by atoms with Gasteiger partial charge in [0.25, 0.3) is 0 Å². The van der Waals surface area contributed by atoms with Gasteiger partial charge in [0.15, 0.2) is 0 Å². The number of hydrogen-bond donors (Lipinski definition) is 2. The number of fused-ring (bicyclic) bond motifs is 2. The molecule has 2 aliphatic rings. The van der Waals surface area contributed by atoms with E-state index < -0.39 is 5.60 Å². The molecule has 2 heterocycles. The van der Waals surface area contributed by atoms with Crippen molar-refractivity contribution in [1.82, 2.24) is 4.90 Å². The topological polar surface area (TPSA) is 52.9 Å². The number of aliphatic hydroxyl groups is 1. The number of aromatic hydroxyl groups is 1. The summed E-state index contributed by atoms with van der Waals surface area (Å²) in [6.07, 6.45) is 3.18. The second kappa shape index (κ2) is 7.13. The Morgan fingerprint density at radius 3 is 2.56 bits per heavy atom. The first-order valence-corrected chi connectivity index (χ1v) is 9.67. The summed E-state index contributed by atoms with van der Waals surface area (Å²) in [6, 6.07) is 12.1. The van der Waals surface area contributed by atoms with Gasteiger partial charge in [-0.2, -0.15) is 0 Å². The van der Waals surface area contributed by atoms with Crippen molar-refractivity contribution in [3.8, 4) is 11.5 Å². The zero-order valence-corrected chi connectivity index (χ0v) is 15.6. The third-order valence-electron chi connectivity index (χ3n) is 5.99. The number of piperidine rings is 1. The first-order chi connectivity index (χ1) is 13.0. The Morgan fingerprint density at radius 1 is 1.15 bits per heavy atom. The first kappa shape index (κ1) is 18.3. The lowest BCUT2D eigenvalue weighted by atomic mass is 9.80. The molecule has 2 aromatic rings. The zero-order valence-electron chi connectivity index (χ0n) is 15.6. The maximum absolute atomic E-state index is 13.7. The van der Waals surface area contributed by atoms with Gasteiger partial charge in [-0.3, -0.25) is 4.90 Å². The van der Waals surface area contributed by atoms with Crippen LogP contribution in [0.3, 0.4) is 0 Å². The molecular weight excluding hydrogens is 345 g/mol. The molecule has 144 valence electrons. The first-order valence-electron chi connectivity index (χ1n) is 9.67. The van der Waals surface area contributed by atoms with Gasteiger partial charge in [-0.1, -0.05) is 12.1 Å². The van der Waals surface area contributed by atoms with E-state index >= 15 is 0 Å². The van der Waals surface area contributed by atoms with Crippen LogP contribution in [0.5, 0.6) is 11.5 Å². The molecule has 0 aliphatic carbocycles. The molecule has 4 nitrogen and oxygen atoms in total. The van der Waals surface area contributed by atoms with Crippen LogP contribution in [0.25, 0.3) is 0 Å². The molecule has 2 atom stereocenters. The average molecular weight is 371 g/mol. The van der Waals surface area contributed by atoms with Gasteiger partial charge in [-0.25, -0.2) is 4.39 Å². The van der Waals surface area contributed by atoms with Crippen molar-refractivity contribution < 1.29 is 19.3 Å². The Kier molecular flexibility index (Phi) is 4.82. The zero-order chi connectivity index (χ0) is 19.0. The van der Waals surface area contributed by atoms with Gasteiger partial charge in [-0.05, 0) is 68.5 Å². The third kappa shape index (κ3) is 3.54. The molecule has 0 spiro atoms. The second-order valence-corrected chi connectivity index (χ2v) is 7.73. The Hall–Kier alpha value is -2.11. The summed E-state index contributed by atoms with van der Waals surface area (Å²) in [7, 11) is 0. The van der Waals surface area contributed by atoms with Crippen LogP contribution in [0.1, 0.15) is 43.7 Å². The maximum atomic E-state index is 13.7. The summed E-state index contributed by atoms with van der Waals surface area (Å²) < 4.78 is 19.2. The molecule has 5 heteroatoms. The number of hydrogen-bond acceptors (Lipinski definition) is 4. The highest BCUT2D eigenvalue weighted by Crippen LogP contribution is 2.46. The number of halogens is 1. The van der Waals surface area contributed by atoms with Crippen molar-refractivity contribution in [2.24, 2.45) is 0 Å². The van der Waals surface area contributed by atoms with Crippen LogP contribution in [-0.2, 0) is 12.1 Å². The molecule has 2 aromatic carbocycles. The molecule has 4 rings (SSSR count). The smallest absolute Gasteiger partial charge is 0.123 e. The lowest BCUT2D eigenvalue weighted by Crippen LogP contribution is -2.49. The van der Waals surface area contributed by atoms with E-state index in [1.807, 2.05) is 19.1 Å². The van der Waals surface area contributed by atoms with E-state index in [4.69, 9.17) is 4.74 Å². The summed E-state index contributed by atoms with van der Waals surface area (Å²) in [4.78, 5) is 2.37. The van der Waals surface area contributed by atoms with E-state index in [1.54, 1.807) is 18.2 Å². The quantitative estimate of drug-likeness (QED) is 0.836. The van der Waals surface area contributed by atoms with Gasteiger partial charge >= 0.3 is 0 Å². The lowest BCUT2D eigenvalue weighted by molar-refractivity contribution is -0.0598. The van der Waals surface area contributed by atoms with Gasteiger partial charge in [-0.15, -0.1) is 0 Å².